The van der Waals surface area contributed by atoms with Crippen molar-refractivity contribution >= 4 is 62.0 Å². The quantitative estimate of drug-likeness (QED) is 0.244. The van der Waals surface area contributed by atoms with E-state index in [0.29, 0.717) is 11.4 Å². The predicted octanol–water partition coefficient (Wildman–Crippen LogP) is 6.81. The van der Waals surface area contributed by atoms with Gasteiger partial charge in [0.15, 0.2) is 0 Å². The zero-order valence-corrected chi connectivity index (χ0v) is 20.6. The largest absolute Gasteiger partial charge is 0.325 e. The van der Waals surface area contributed by atoms with Crippen molar-refractivity contribution in [2.24, 2.45) is 0 Å². The second-order valence-electron chi connectivity index (χ2n) is 7.09. The van der Waals surface area contributed by atoms with E-state index in [1.54, 1.807) is 35.7 Å². The van der Waals surface area contributed by atoms with Crippen LogP contribution >= 0.6 is 34.7 Å². The number of hydrogen-bond donors (Lipinski definition) is 2. The predicted molar refractivity (Wildman–Crippen MR) is 137 cm³/mol. The molecule has 3 aromatic carbocycles. The van der Waals surface area contributed by atoms with Gasteiger partial charge in [-0.2, -0.15) is 0 Å². The van der Waals surface area contributed by atoms with Crippen LogP contribution in [0.3, 0.4) is 0 Å². The number of rotatable bonds is 8. The molecule has 0 fully saturated rings. The molecule has 0 saturated carbocycles. The lowest BCUT2D eigenvalue weighted by atomic mass is 10.1. The summed E-state index contributed by atoms with van der Waals surface area (Å²) in [6.07, 6.45) is 0. The molecule has 4 aromatic rings. The first-order chi connectivity index (χ1) is 16.3. The summed E-state index contributed by atoms with van der Waals surface area (Å²) in [6, 6.07) is 23.2. The average Bonchev–Trinajstić information content (AvgIpc) is 3.37. The van der Waals surface area contributed by atoms with Crippen molar-refractivity contribution in [3.63, 3.8) is 0 Å². The Bertz CT molecular complexity index is 1380. The van der Waals surface area contributed by atoms with Crippen LogP contribution in [0.2, 0.25) is 5.02 Å². The van der Waals surface area contributed by atoms with E-state index in [9.17, 15) is 17.6 Å². The third-order valence-corrected chi connectivity index (χ3v) is 8.98. The number of hydrogen-bond acceptors (Lipinski definition) is 5. The Balaban J connectivity index is 1.52. The number of anilines is 2. The van der Waals surface area contributed by atoms with Gasteiger partial charge in [0.25, 0.3) is 10.0 Å². The molecule has 1 unspecified atom stereocenters. The lowest BCUT2D eigenvalue weighted by Gasteiger charge is -2.17. The molecule has 174 valence electrons. The molecule has 1 heterocycles. The first-order valence-corrected chi connectivity index (χ1v) is 13.6. The highest BCUT2D eigenvalue weighted by molar-refractivity contribution is 8.00. The summed E-state index contributed by atoms with van der Waals surface area (Å²) in [7, 11) is -3.64. The van der Waals surface area contributed by atoms with E-state index in [1.165, 1.54) is 36.0 Å². The van der Waals surface area contributed by atoms with Crippen molar-refractivity contribution in [1.82, 2.24) is 0 Å². The summed E-state index contributed by atoms with van der Waals surface area (Å²) in [6.45, 7) is 0. The van der Waals surface area contributed by atoms with Gasteiger partial charge in [-0.25, -0.2) is 12.8 Å². The SMILES string of the molecule is O=C(Nc1ccc(F)c(Cl)c1)C(Sc1ccc(NS(=O)(=O)c2cccs2)cc1)c1ccccc1. The van der Waals surface area contributed by atoms with E-state index < -0.39 is 21.1 Å². The molecule has 34 heavy (non-hydrogen) atoms. The van der Waals surface area contributed by atoms with Gasteiger partial charge in [0.2, 0.25) is 5.91 Å². The third kappa shape index (κ3) is 5.98. The molecule has 0 aliphatic heterocycles. The van der Waals surface area contributed by atoms with Gasteiger partial charge >= 0.3 is 0 Å². The maximum Gasteiger partial charge on any atom is 0.271 e. The van der Waals surface area contributed by atoms with Crippen LogP contribution in [0.4, 0.5) is 15.8 Å². The number of nitrogens with one attached hydrogen (secondary N) is 2. The summed E-state index contributed by atoms with van der Waals surface area (Å²) in [5.41, 5.74) is 1.58. The maximum atomic E-state index is 13.5. The minimum Gasteiger partial charge on any atom is -0.325 e. The van der Waals surface area contributed by atoms with Gasteiger partial charge in [0, 0.05) is 16.3 Å². The zero-order chi connectivity index (χ0) is 24.1. The molecule has 0 aliphatic carbocycles. The van der Waals surface area contributed by atoms with Gasteiger partial charge in [0.05, 0.1) is 5.02 Å². The molecule has 2 N–H and O–H groups in total. The zero-order valence-electron chi connectivity index (χ0n) is 17.4. The van der Waals surface area contributed by atoms with Crippen molar-refractivity contribution < 1.29 is 17.6 Å². The molecule has 1 atom stereocenters. The molecular formula is C24H18ClFN2O3S3. The van der Waals surface area contributed by atoms with E-state index in [4.69, 9.17) is 11.6 Å². The smallest absolute Gasteiger partial charge is 0.271 e. The number of benzene rings is 3. The fourth-order valence-electron chi connectivity index (χ4n) is 3.04. The number of halogens is 2. The molecule has 1 amide bonds. The summed E-state index contributed by atoms with van der Waals surface area (Å²) >= 11 is 8.28. The summed E-state index contributed by atoms with van der Waals surface area (Å²) in [5.74, 6) is -0.871. The van der Waals surface area contributed by atoms with Gasteiger partial charge in [-0.1, -0.05) is 48.0 Å². The van der Waals surface area contributed by atoms with Crippen LogP contribution in [0.25, 0.3) is 0 Å². The Labute approximate surface area is 210 Å². The highest BCUT2D eigenvalue weighted by Crippen LogP contribution is 2.37. The Morgan fingerprint density at radius 3 is 2.29 bits per heavy atom. The Morgan fingerprint density at radius 1 is 0.941 bits per heavy atom. The molecule has 0 radical (unpaired) electrons. The number of carbonyl (C=O) groups excluding carboxylic acids is 1. The van der Waals surface area contributed by atoms with Crippen molar-refractivity contribution in [1.29, 1.82) is 0 Å². The third-order valence-electron chi connectivity index (χ3n) is 4.65. The van der Waals surface area contributed by atoms with E-state index in [1.807, 2.05) is 30.3 Å². The Morgan fingerprint density at radius 2 is 1.65 bits per heavy atom. The first kappa shape index (κ1) is 24.3. The molecule has 0 aliphatic rings. The van der Waals surface area contributed by atoms with Crippen LogP contribution in [-0.2, 0) is 14.8 Å². The van der Waals surface area contributed by atoms with Crippen molar-refractivity contribution in [2.45, 2.75) is 14.4 Å². The number of amides is 1. The van der Waals surface area contributed by atoms with Gasteiger partial charge in [-0.3, -0.25) is 9.52 Å². The van der Waals surface area contributed by atoms with E-state index >= 15 is 0 Å². The monoisotopic (exact) mass is 532 g/mol. The molecule has 5 nitrogen and oxygen atoms in total. The maximum absolute atomic E-state index is 13.5. The first-order valence-electron chi connectivity index (χ1n) is 9.96. The van der Waals surface area contributed by atoms with Gasteiger partial charge in [0.1, 0.15) is 15.3 Å². The number of sulfonamides is 1. The normalized spacial score (nSPS) is 12.2. The van der Waals surface area contributed by atoms with Crippen LogP contribution in [0.1, 0.15) is 10.8 Å². The highest BCUT2D eigenvalue weighted by atomic mass is 35.5. The van der Waals surface area contributed by atoms with Crippen molar-refractivity contribution in [3.05, 3.63) is 107 Å². The van der Waals surface area contributed by atoms with E-state index in [0.717, 1.165) is 21.8 Å². The standard InChI is InChI=1S/C24H18ClFN2O3S3/c25-20-15-18(10-13-21(20)26)27-24(29)23(16-5-2-1-3-6-16)33-19-11-8-17(9-12-19)28-34(30,31)22-7-4-14-32-22/h1-15,23,28H,(H,27,29). The summed E-state index contributed by atoms with van der Waals surface area (Å²) < 4.78 is 41.1. The minimum absolute atomic E-state index is 0.0812. The molecule has 0 spiro atoms. The van der Waals surface area contributed by atoms with E-state index in [2.05, 4.69) is 10.0 Å². The van der Waals surface area contributed by atoms with Gasteiger partial charge in [-0.05, 0) is 59.5 Å². The van der Waals surface area contributed by atoms with Crippen LogP contribution < -0.4 is 10.0 Å². The molecule has 1 aromatic heterocycles. The van der Waals surface area contributed by atoms with E-state index in [-0.39, 0.29) is 15.1 Å². The Hall–Kier alpha value is -2.85. The van der Waals surface area contributed by atoms with Crippen LogP contribution in [0.15, 0.2) is 99.4 Å². The second kappa shape index (κ2) is 10.6. The lowest BCUT2D eigenvalue weighted by molar-refractivity contribution is -0.115. The number of thiophene rings is 1. The average molecular weight is 533 g/mol. The Kier molecular flexibility index (Phi) is 7.57. The van der Waals surface area contributed by atoms with Crippen LogP contribution in [0.5, 0.6) is 0 Å². The summed E-state index contributed by atoms with van der Waals surface area (Å²) in [5, 5.41) is 3.79. The molecule has 10 heteroatoms. The topological polar surface area (TPSA) is 75.3 Å². The van der Waals surface area contributed by atoms with Crippen LogP contribution in [0, 0.1) is 5.82 Å². The second-order valence-corrected chi connectivity index (χ2v) is 11.5. The summed E-state index contributed by atoms with van der Waals surface area (Å²) in [4.78, 5) is 13.9. The number of carbonyl (C=O) groups is 1. The lowest BCUT2D eigenvalue weighted by Crippen LogP contribution is -2.19. The van der Waals surface area contributed by atoms with Crippen molar-refractivity contribution in [3.8, 4) is 0 Å². The molecule has 4 rings (SSSR count). The van der Waals surface area contributed by atoms with Gasteiger partial charge < -0.3 is 5.32 Å². The fraction of sp³-hybridized carbons (Fsp3) is 0.0417. The van der Waals surface area contributed by atoms with Crippen LogP contribution in [-0.4, -0.2) is 14.3 Å². The van der Waals surface area contributed by atoms with Gasteiger partial charge in [-0.15, -0.1) is 23.1 Å². The number of thioether (sulfide) groups is 1. The molecular weight excluding hydrogens is 515 g/mol. The minimum atomic E-state index is -3.64. The van der Waals surface area contributed by atoms with Crippen molar-refractivity contribution in [2.75, 3.05) is 10.0 Å². The molecule has 0 bridgehead atoms. The fourth-order valence-corrected chi connectivity index (χ4v) is 6.30. The molecule has 0 saturated heterocycles. The highest BCUT2D eigenvalue weighted by Gasteiger charge is 2.23.